The lowest BCUT2D eigenvalue weighted by Crippen LogP contribution is -2.50. The highest BCUT2D eigenvalue weighted by Gasteiger charge is 2.24. The number of carbonyl (C=O) groups excluding carboxylic acids is 2. The van der Waals surface area contributed by atoms with Gasteiger partial charge < -0.3 is 19.5 Å². The summed E-state index contributed by atoms with van der Waals surface area (Å²) >= 11 is 2.07. The SMILES string of the molecule is C[Si](C)(C)CCOCn1ccc2nc(NC(=O)NC3CCCN(C(=O)CI)C3)cnc21. The van der Waals surface area contributed by atoms with Gasteiger partial charge in [0.1, 0.15) is 12.2 Å². The number of ether oxygens (including phenoxy) is 1. The third-order valence-electron chi connectivity index (χ3n) is 5.16. The van der Waals surface area contributed by atoms with Crippen LogP contribution in [0, 0.1) is 0 Å². The average Bonchev–Trinajstić information content (AvgIpc) is 3.12. The number of nitrogens with one attached hydrogen (secondary N) is 2. The van der Waals surface area contributed by atoms with Gasteiger partial charge in [0.2, 0.25) is 5.91 Å². The molecule has 1 atom stereocenters. The Labute approximate surface area is 197 Å². The molecule has 3 heterocycles. The van der Waals surface area contributed by atoms with Gasteiger partial charge in [0.05, 0.1) is 10.6 Å². The molecular weight excluding hydrogens is 527 g/mol. The van der Waals surface area contributed by atoms with Gasteiger partial charge in [0.15, 0.2) is 11.5 Å². The molecule has 3 rings (SSSR count). The molecule has 1 fully saturated rings. The predicted octanol–water partition coefficient (Wildman–Crippen LogP) is 3.29. The zero-order valence-electron chi connectivity index (χ0n) is 18.4. The van der Waals surface area contributed by atoms with Crippen molar-refractivity contribution in [2.24, 2.45) is 0 Å². The molecule has 1 aliphatic rings. The lowest BCUT2D eigenvalue weighted by atomic mass is 10.1. The zero-order chi connectivity index (χ0) is 22.4. The van der Waals surface area contributed by atoms with Gasteiger partial charge in [-0.2, -0.15) is 0 Å². The van der Waals surface area contributed by atoms with E-state index in [9.17, 15) is 9.59 Å². The minimum absolute atomic E-state index is 0.0632. The number of piperidine rings is 1. The largest absolute Gasteiger partial charge is 0.361 e. The van der Waals surface area contributed by atoms with Crippen molar-refractivity contribution >= 4 is 59.6 Å². The van der Waals surface area contributed by atoms with Crippen molar-refractivity contribution in [3.05, 3.63) is 18.5 Å². The van der Waals surface area contributed by atoms with Crippen LogP contribution in [0.4, 0.5) is 10.6 Å². The Bertz CT molecular complexity index is 916. The van der Waals surface area contributed by atoms with Gasteiger partial charge in [0, 0.05) is 40.0 Å². The Morgan fingerprint density at radius 2 is 2.16 bits per heavy atom. The Morgan fingerprint density at radius 1 is 1.35 bits per heavy atom. The molecule has 31 heavy (non-hydrogen) atoms. The van der Waals surface area contributed by atoms with Crippen LogP contribution in [0.15, 0.2) is 18.5 Å². The number of hydrogen-bond acceptors (Lipinski definition) is 5. The van der Waals surface area contributed by atoms with Crippen molar-refractivity contribution < 1.29 is 14.3 Å². The third-order valence-corrected chi connectivity index (χ3v) is 7.51. The van der Waals surface area contributed by atoms with Crippen LogP contribution in [0.2, 0.25) is 25.7 Å². The molecule has 0 aromatic carbocycles. The molecule has 2 aromatic heterocycles. The molecule has 1 unspecified atom stereocenters. The van der Waals surface area contributed by atoms with Crippen molar-refractivity contribution in [3.63, 3.8) is 0 Å². The van der Waals surface area contributed by atoms with E-state index in [0.717, 1.165) is 37.7 Å². The molecule has 11 heteroatoms. The quantitative estimate of drug-likeness (QED) is 0.224. The van der Waals surface area contributed by atoms with E-state index in [0.29, 0.717) is 29.0 Å². The van der Waals surface area contributed by atoms with Crippen LogP contribution >= 0.6 is 22.6 Å². The van der Waals surface area contributed by atoms with Crippen LogP contribution in [0.3, 0.4) is 0 Å². The third kappa shape index (κ3) is 7.14. The molecule has 3 amide bonds. The number of urea groups is 1. The Kier molecular flexibility index (Phi) is 8.28. The highest BCUT2D eigenvalue weighted by atomic mass is 127. The van der Waals surface area contributed by atoms with Crippen LogP contribution < -0.4 is 10.6 Å². The van der Waals surface area contributed by atoms with Crippen molar-refractivity contribution in [2.45, 2.75) is 51.3 Å². The molecule has 170 valence electrons. The maximum Gasteiger partial charge on any atom is 0.320 e. The first-order valence-corrected chi connectivity index (χ1v) is 15.8. The van der Waals surface area contributed by atoms with E-state index in [2.05, 4.69) is 62.8 Å². The Morgan fingerprint density at radius 3 is 2.90 bits per heavy atom. The van der Waals surface area contributed by atoms with E-state index in [1.54, 1.807) is 11.1 Å². The number of anilines is 1. The van der Waals surface area contributed by atoms with Crippen LogP contribution in [0.5, 0.6) is 0 Å². The second kappa shape index (κ2) is 10.7. The van der Waals surface area contributed by atoms with Crippen LogP contribution in [0.25, 0.3) is 11.2 Å². The molecule has 0 radical (unpaired) electrons. The number of carbonyl (C=O) groups is 2. The lowest BCUT2D eigenvalue weighted by molar-refractivity contribution is -0.129. The van der Waals surface area contributed by atoms with Gasteiger partial charge in [-0.1, -0.05) is 42.2 Å². The number of alkyl halides is 1. The summed E-state index contributed by atoms with van der Waals surface area (Å²) in [5.74, 6) is 0.496. The van der Waals surface area contributed by atoms with E-state index < -0.39 is 8.07 Å². The average molecular weight is 558 g/mol. The first kappa shape index (κ1) is 23.9. The molecule has 2 N–H and O–H groups in total. The topological polar surface area (TPSA) is 101 Å². The summed E-state index contributed by atoms with van der Waals surface area (Å²) in [4.78, 5) is 35.0. The van der Waals surface area contributed by atoms with Crippen LogP contribution in [-0.2, 0) is 16.3 Å². The van der Waals surface area contributed by atoms with Crippen molar-refractivity contribution in [2.75, 3.05) is 29.4 Å². The van der Waals surface area contributed by atoms with Crippen molar-refractivity contribution in [3.8, 4) is 0 Å². The summed E-state index contributed by atoms with van der Waals surface area (Å²) in [5, 5.41) is 5.69. The Hall–Kier alpha value is -1.73. The molecule has 0 aliphatic carbocycles. The maximum absolute atomic E-state index is 12.4. The van der Waals surface area contributed by atoms with Crippen LogP contribution in [0.1, 0.15) is 12.8 Å². The fraction of sp³-hybridized carbons (Fsp3) is 0.600. The molecule has 0 bridgehead atoms. The second-order valence-corrected chi connectivity index (χ2v) is 15.4. The monoisotopic (exact) mass is 558 g/mol. The highest BCUT2D eigenvalue weighted by Crippen LogP contribution is 2.15. The smallest absolute Gasteiger partial charge is 0.320 e. The van der Waals surface area contributed by atoms with Gasteiger partial charge >= 0.3 is 6.03 Å². The van der Waals surface area contributed by atoms with E-state index >= 15 is 0 Å². The summed E-state index contributed by atoms with van der Waals surface area (Å²) < 4.78 is 8.16. The summed E-state index contributed by atoms with van der Waals surface area (Å²) in [6.45, 7) is 9.45. The maximum atomic E-state index is 12.4. The van der Waals surface area contributed by atoms with Gasteiger partial charge in [-0.25, -0.2) is 14.8 Å². The molecular formula is C20H31IN6O3Si. The number of hydrogen-bond donors (Lipinski definition) is 2. The number of rotatable bonds is 8. The standard InChI is InChI=1S/C20H31IN6O3Si/c1-31(2,3)10-9-30-14-27-8-6-16-19(27)22-12-17(24-16)25-20(29)23-15-5-4-7-26(13-15)18(28)11-21/h6,8,12,15H,4-5,7,9-11,13-14H2,1-3H3,(H2,23,24,25,29). The van der Waals surface area contributed by atoms with E-state index in [4.69, 9.17) is 4.74 Å². The van der Waals surface area contributed by atoms with E-state index in [1.165, 1.54) is 0 Å². The lowest BCUT2D eigenvalue weighted by Gasteiger charge is -2.32. The fourth-order valence-electron chi connectivity index (χ4n) is 3.41. The number of likely N-dealkylation sites (tertiary alicyclic amines) is 1. The molecule has 2 aromatic rings. The molecule has 0 saturated carbocycles. The number of amides is 3. The van der Waals surface area contributed by atoms with Gasteiger partial charge in [-0.15, -0.1) is 0 Å². The summed E-state index contributed by atoms with van der Waals surface area (Å²) in [7, 11) is -1.11. The van der Waals surface area contributed by atoms with Gasteiger partial charge in [-0.05, 0) is 25.0 Å². The molecule has 1 saturated heterocycles. The normalized spacial score (nSPS) is 17.0. The number of nitrogens with zero attached hydrogens (tertiary/aromatic N) is 4. The second-order valence-electron chi connectivity index (χ2n) is 9.01. The minimum Gasteiger partial charge on any atom is -0.361 e. The summed E-state index contributed by atoms with van der Waals surface area (Å²) in [6.07, 6.45) is 5.17. The molecule has 9 nitrogen and oxygen atoms in total. The van der Waals surface area contributed by atoms with E-state index in [-0.39, 0.29) is 18.0 Å². The highest BCUT2D eigenvalue weighted by molar-refractivity contribution is 14.1. The van der Waals surface area contributed by atoms with Gasteiger partial charge in [-0.3, -0.25) is 10.1 Å². The predicted molar refractivity (Wildman–Crippen MR) is 132 cm³/mol. The summed E-state index contributed by atoms with van der Waals surface area (Å²) in [5.41, 5.74) is 1.42. The Balaban J connectivity index is 1.52. The minimum atomic E-state index is -1.11. The zero-order valence-corrected chi connectivity index (χ0v) is 21.5. The first-order chi connectivity index (χ1) is 14.7. The van der Waals surface area contributed by atoms with E-state index in [1.807, 2.05) is 16.8 Å². The molecule has 1 aliphatic heterocycles. The van der Waals surface area contributed by atoms with Crippen LogP contribution in [-0.4, -0.2) is 69.6 Å². The summed E-state index contributed by atoms with van der Waals surface area (Å²) in [6, 6.07) is 2.58. The van der Waals surface area contributed by atoms with Crippen molar-refractivity contribution in [1.29, 1.82) is 0 Å². The van der Waals surface area contributed by atoms with Gasteiger partial charge in [0.25, 0.3) is 0 Å². The first-order valence-electron chi connectivity index (χ1n) is 10.6. The number of aromatic nitrogens is 3. The van der Waals surface area contributed by atoms with Crippen molar-refractivity contribution in [1.82, 2.24) is 24.8 Å². The number of halogens is 1. The number of fused-ring (bicyclic) bond motifs is 1. The molecule has 0 spiro atoms. The fourth-order valence-corrected chi connectivity index (χ4v) is 4.65.